The van der Waals surface area contributed by atoms with E-state index in [0.29, 0.717) is 17.1 Å². The third kappa shape index (κ3) is 4.68. The van der Waals surface area contributed by atoms with E-state index in [1.54, 1.807) is 46.6 Å². The highest BCUT2D eigenvalue weighted by atomic mass is 32.9. The highest BCUT2D eigenvalue weighted by molar-refractivity contribution is 8.71. The van der Waals surface area contributed by atoms with Crippen LogP contribution in [0.3, 0.4) is 0 Å². The Kier molecular flexibility index (Phi) is 7.16. The molecule has 2 aromatic rings. The number of hydrogen-bond acceptors (Lipinski definition) is 7. The lowest BCUT2D eigenvalue weighted by molar-refractivity contribution is 0.270. The summed E-state index contributed by atoms with van der Waals surface area (Å²) in [7, 11) is 6.30. The molecule has 0 saturated heterocycles. The lowest BCUT2D eigenvalue weighted by Crippen LogP contribution is -2.05. The van der Waals surface area contributed by atoms with Crippen molar-refractivity contribution in [2.75, 3.05) is 28.4 Å². The van der Waals surface area contributed by atoms with Crippen molar-refractivity contribution in [2.45, 2.75) is 5.44 Å². The Morgan fingerprint density at radius 2 is 1.56 bits per heavy atom. The van der Waals surface area contributed by atoms with E-state index in [1.807, 2.05) is 24.3 Å². The molecule has 25 heavy (non-hydrogen) atoms. The molecule has 136 valence electrons. The Labute approximate surface area is 157 Å². The molecule has 2 rings (SSSR count). The molecular weight excluding hydrogens is 379 g/mol. The monoisotopic (exact) mass is 400 g/mol. The average Bonchev–Trinajstić information content (AvgIpc) is 2.67. The lowest BCUT2D eigenvalue weighted by atomic mass is 10.2. The van der Waals surface area contributed by atoms with Crippen LogP contribution in [-0.4, -0.2) is 33.5 Å². The summed E-state index contributed by atoms with van der Waals surface area (Å²) in [6, 6.07) is 12.7. The van der Waals surface area contributed by atoms with E-state index in [1.165, 1.54) is 11.4 Å². The lowest BCUT2D eigenvalue weighted by Gasteiger charge is -2.23. The van der Waals surface area contributed by atoms with Crippen molar-refractivity contribution in [1.29, 1.82) is 0 Å². The Morgan fingerprint density at radius 3 is 2.08 bits per heavy atom. The smallest absolute Gasteiger partial charge is 0.161 e. The largest absolute Gasteiger partial charge is 0.497 e. The molecule has 1 N–H and O–H groups in total. The van der Waals surface area contributed by atoms with Crippen LogP contribution >= 0.6 is 16.8 Å². The maximum absolute atomic E-state index is 10.7. The summed E-state index contributed by atoms with van der Waals surface area (Å²) >= 11 is 6.95. The standard InChI is InChI=1S/C17H21O5PS2/c1-19-13-6-8-14(9-7-13)23(24,22-4)25-17(18)12-5-10-15(20-2)16(11-12)21-3/h5-11,17-18H,1-4H3. The Hall–Kier alpha value is -1.24. The fourth-order valence-corrected chi connectivity index (χ4v) is 6.88. The average molecular weight is 400 g/mol. The van der Waals surface area contributed by atoms with E-state index >= 15 is 0 Å². The number of benzene rings is 2. The number of ether oxygens (including phenoxy) is 3. The molecule has 0 bridgehead atoms. The van der Waals surface area contributed by atoms with E-state index < -0.39 is 10.9 Å². The molecular formula is C17H21O5PS2. The molecule has 0 spiro atoms. The van der Waals surface area contributed by atoms with Crippen LogP contribution in [0.5, 0.6) is 17.2 Å². The van der Waals surface area contributed by atoms with Gasteiger partial charge in [-0.2, -0.15) is 0 Å². The second kappa shape index (κ2) is 8.92. The summed E-state index contributed by atoms with van der Waals surface area (Å²) in [5, 5.41) is 11.5. The zero-order valence-electron chi connectivity index (χ0n) is 14.5. The normalized spacial score (nSPS) is 14.4. The first-order valence-electron chi connectivity index (χ1n) is 7.36. The fourth-order valence-electron chi connectivity index (χ4n) is 2.17. The van der Waals surface area contributed by atoms with Gasteiger partial charge in [0, 0.05) is 12.4 Å². The van der Waals surface area contributed by atoms with E-state index in [9.17, 15) is 5.11 Å². The van der Waals surface area contributed by atoms with Gasteiger partial charge in [0.2, 0.25) is 0 Å². The Balaban J connectivity index is 2.26. The predicted octanol–water partition coefficient (Wildman–Crippen LogP) is 3.72. The number of rotatable bonds is 8. The van der Waals surface area contributed by atoms with E-state index in [-0.39, 0.29) is 0 Å². The number of hydrogen-bond donors (Lipinski definition) is 1. The molecule has 5 nitrogen and oxygen atoms in total. The maximum atomic E-state index is 10.7. The van der Waals surface area contributed by atoms with Crippen molar-refractivity contribution >= 4 is 34.0 Å². The molecule has 2 unspecified atom stereocenters. The molecule has 0 heterocycles. The highest BCUT2D eigenvalue weighted by Gasteiger charge is 2.26. The van der Waals surface area contributed by atoms with Crippen LogP contribution in [-0.2, 0) is 16.3 Å². The molecule has 0 saturated carbocycles. The van der Waals surface area contributed by atoms with Gasteiger partial charge < -0.3 is 23.8 Å². The minimum Gasteiger partial charge on any atom is -0.497 e. The van der Waals surface area contributed by atoms with Gasteiger partial charge in [-0.1, -0.05) is 29.3 Å². The van der Waals surface area contributed by atoms with Gasteiger partial charge in [0.15, 0.2) is 17.0 Å². The predicted molar refractivity (Wildman–Crippen MR) is 106 cm³/mol. The van der Waals surface area contributed by atoms with Crippen molar-refractivity contribution in [1.82, 2.24) is 0 Å². The number of methoxy groups -OCH3 is 3. The Morgan fingerprint density at radius 1 is 0.920 bits per heavy atom. The van der Waals surface area contributed by atoms with Crippen molar-refractivity contribution in [3.05, 3.63) is 48.0 Å². The van der Waals surface area contributed by atoms with Crippen molar-refractivity contribution < 1.29 is 23.8 Å². The van der Waals surface area contributed by atoms with Crippen LogP contribution in [0, 0.1) is 0 Å². The van der Waals surface area contributed by atoms with Gasteiger partial charge in [0.05, 0.1) is 21.3 Å². The van der Waals surface area contributed by atoms with Crippen LogP contribution in [0.2, 0.25) is 0 Å². The van der Waals surface area contributed by atoms with Crippen LogP contribution in [0.15, 0.2) is 42.5 Å². The van der Waals surface area contributed by atoms with Crippen LogP contribution < -0.4 is 19.5 Å². The number of aliphatic hydroxyl groups excluding tert-OH is 1. The van der Waals surface area contributed by atoms with Crippen molar-refractivity contribution in [3.63, 3.8) is 0 Å². The maximum Gasteiger partial charge on any atom is 0.161 e. The topological polar surface area (TPSA) is 57.2 Å². The second-order valence-corrected chi connectivity index (χ2v) is 11.9. The van der Waals surface area contributed by atoms with Gasteiger partial charge in [-0.3, -0.25) is 0 Å². The van der Waals surface area contributed by atoms with Gasteiger partial charge in [0.1, 0.15) is 11.2 Å². The molecule has 2 atom stereocenters. The minimum absolute atomic E-state index is 0.551. The highest BCUT2D eigenvalue weighted by Crippen LogP contribution is 2.63. The van der Waals surface area contributed by atoms with E-state index in [0.717, 1.165) is 11.1 Å². The Bertz CT molecular complexity index is 751. The molecule has 0 aliphatic heterocycles. The number of aliphatic hydroxyl groups is 1. The van der Waals surface area contributed by atoms with Gasteiger partial charge in [-0.25, -0.2) is 0 Å². The summed E-state index contributed by atoms with van der Waals surface area (Å²) in [4.78, 5) is 0. The summed E-state index contributed by atoms with van der Waals surface area (Å²) in [6.45, 7) is 0. The van der Waals surface area contributed by atoms with Gasteiger partial charge in [-0.05, 0) is 42.0 Å². The third-order valence-electron chi connectivity index (χ3n) is 3.56. The zero-order chi connectivity index (χ0) is 18.4. The SMILES string of the molecule is COc1ccc(P(=S)(OC)SC(O)c2ccc(OC)c(OC)c2)cc1. The van der Waals surface area contributed by atoms with Gasteiger partial charge >= 0.3 is 0 Å². The zero-order valence-corrected chi connectivity index (χ0v) is 17.0. The summed E-state index contributed by atoms with van der Waals surface area (Å²) in [5.74, 6) is 1.89. The molecule has 0 fully saturated rings. The first-order chi connectivity index (χ1) is 12.0. The molecule has 0 amide bonds. The van der Waals surface area contributed by atoms with Crippen LogP contribution in [0.25, 0.3) is 0 Å². The van der Waals surface area contributed by atoms with Gasteiger partial charge in [0.25, 0.3) is 0 Å². The van der Waals surface area contributed by atoms with E-state index in [2.05, 4.69) is 0 Å². The summed E-state index contributed by atoms with van der Waals surface area (Å²) < 4.78 is 21.3. The summed E-state index contributed by atoms with van der Waals surface area (Å²) in [6.07, 6.45) is 0. The molecule has 0 aliphatic rings. The van der Waals surface area contributed by atoms with Crippen molar-refractivity contribution in [2.24, 2.45) is 0 Å². The quantitative estimate of drug-likeness (QED) is 0.535. The summed E-state index contributed by atoms with van der Waals surface area (Å²) in [5.41, 5.74) is -2.66. The molecule has 8 heteroatoms. The first kappa shape index (κ1) is 20.1. The molecule has 0 radical (unpaired) electrons. The van der Waals surface area contributed by atoms with Crippen LogP contribution in [0.4, 0.5) is 0 Å². The minimum atomic E-state index is -2.47. The van der Waals surface area contributed by atoms with Crippen LogP contribution in [0.1, 0.15) is 11.0 Å². The second-order valence-electron chi connectivity index (χ2n) is 4.95. The third-order valence-corrected chi connectivity index (χ3v) is 10.1. The molecule has 2 aromatic carbocycles. The van der Waals surface area contributed by atoms with Crippen molar-refractivity contribution in [3.8, 4) is 17.2 Å². The van der Waals surface area contributed by atoms with E-state index in [4.69, 9.17) is 30.5 Å². The van der Waals surface area contributed by atoms with Gasteiger partial charge in [-0.15, -0.1) is 0 Å². The molecule has 0 aromatic heterocycles. The first-order valence-corrected chi connectivity index (χ1v) is 11.6. The molecule has 0 aliphatic carbocycles. The fraction of sp³-hybridized carbons (Fsp3) is 0.294.